The summed E-state index contributed by atoms with van der Waals surface area (Å²) in [5.74, 6) is -0.127. The number of carbonyl (C=O) groups is 1. The number of nitrogens with one attached hydrogen (secondary N) is 1. The summed E-state index contributed by atoms with van der Waals surface area (Å²) < 4.78 is 5.27. The molecule has 0 aromatic heterocycles. The molecule has 1 aromatic carbocycles. The number of piperidine rings is 1. The van der Waals surface area contributed by atoms with Crippen molar-refractivity contribution in [2.75, 3.05) is 19.7 Å². The summed E-state index contributed by atoms with van der Waals surface area (Å²) in [6.45, 7) is 3.83. The highest BCUT2D eigenvalue weighted by atomic mass is 35.5. The predicted octanol–water partition coefficient (Wildman–Crippen LogP) is 3.47. The molecule has 1 heterocycles. The number of rotatable bonds is 4. The van der Waals surface area contributed by atoms with Crippen LogP contribution in [0.4, 0.5) is 0 Å². The van der Waals surface area contributed by atoms with Crippen LogP contribution in [0.25, 0.3) is 0 Å². The molecule has 20 heavy (non-hydrogen) atoms. The molecule has 110 valence electrons. The van der Waals surface area contributed by atoms with Crippen molar-refractivity contribution in [1.82, 2.24) is 5.32 Å². The molecule has 1 aliphatic heterocycles. The van der Waals surface area contributed by atoms with E-state index in [-0.39, 0.29) is 5.97 Å². The monoisotopic (exact) mass is 315 g/mol. The first kappa shape index (κ1) is 15.6. The van der Waals surface area contributed by atoms with Crippen molar-refractivity contribution in [2.24, 2.45) is 5.41 Å². The van der Waals surface area contributed by atoms with Crippen LogP contribution in [0, 0.1) is 5.41 Å². The zero-order chi connectivity index (χ0) is 14.6. The van der Waals surface area contributed by atoms with Crippen LogP contribution in [0.1, 0.15) is 25.3 Å². The SMILES string of the molecule is CCOC(=O)[C@@]1(Cc2ccc(Cl)c(Cl)c2)CCCNC1. The second-order valence-corrected chi connectivity index (χ2v) is 6.02. The van der Waals surface area contributed by atoms with E-state index < -0.39 is 5.41 Å². The summed E-state index contributed by atoms with van der Waals surface area (Å²) in [6.07, 6.45) is 2.43. The number of hydrogen-bond donors (Lipinski definition) is 1. The van der Waals surface area contributed by atoms with Crippen molar-refractivity contribution in [1.29, 1.82) is 0 Å². The van der Waals surface area contributed by atoms with Gasteiger partial charge in [0.1, 0.15) is 0 Å². The van der Waals surface area contributed by atoms with Gasteiger partial charge in [-0.15, -0.1) is 0 Å². The molecule has 0 spiro atoms. The molecule has 3 nitrogen and oxygen atoms in total. The molecule has 1 aromatic rings. The number of ether oxygens (including phenoxy) is 1. The fourth-order valence-corrected chi connectivity index (χ4v) is 3.01. The predicted molar refractivity (Wildman–Crippen MR) is 81.3 cm³/mol. The topological polar surface area (TPSA) is 38.3 Å². The van der Waals surface area contributed by atoms with E-state index in [1.807, 2.05) is 19.1 Å². The smallest absolute Gasteiger partial charge is 0.313 e. The van der Waals surface area contributed by atoms with Gasteiger partial charge in [-0.25, -0.2) is 0 Å². The van der Waals surface area contributed by atoms with Crippen LogP contribution < -0.4 is 5.32 Å². The third-order valence-electron chi connectivity index (χ3n) is 3.71. The lowest BCUT2D eigenvalue weighted by atomic mass is 9.76. The molecule has 1 atom stereocenters. The molecule has 0 aliphatic carbocycles. The Labute approximate surface area is 129 Å². The summed E-state index contributed by atoms with van der Waals surface area (Å²) in [6, 6.07) is 5.53. The van der Waals surface area contributed by atoms with E-state index >= 15 is 0 Å². The Kier molecular flexibility index (Phi) is 5.30. The van der Waals surface area contributed by atoms with Gasteiger partial charge in [0.15, 0.2) is 0 Å². The Morgan fingerprint density at radius 3 is 2.80 bits per heavy atom. The summed E-state index contributed by atoms with van der Waals surface area (Å²) in [5.41, 5.74) is 0.516. The average Bonchev–Trinajstić information content (AvgIpc) is 2.44. The molecular formula is C15H19Cl2NO2. The second kappa shape index (κ2) is 6.79. The molecular weight excluding hydrogens is 297 g/mol. The zero-order valence-corrected chi connectivity index (χ0v) is 13.1. The summed E-state index contributed by atoms with van der Waals surface area (Å²) >= 11 is 12.0. The van der Waals surface area contributed by atoms with Crippen LogP contribution in [0.3, 0.4) is 0 Å². The zero-order valence-electron chi connectivity index (χ0n) is 11.5. The van der Waals surface area contributed by atoms with Gasteiger partial charge in [-0.2, -0.15) is 0 Å². The van der Waals surface area contributed by atoms with Gasteiger partial charge in [0, 0.05) is 6.54 Å². The van der Waals surface area contributed by atoms with Gasteiger partial charge in [-0.05, 0) is 50.4 Å². The number of benzene rings is 1. The Morgan fingerprint density at radius 1 is 1.40 bits per heavy atom. The molecule has 2 rings (SSSR count). The third-order valence-corrected chi connectivity index (χ3v) is 4.45. The van der Waals surface area contributed by atoms with E-state index in [1.165, 1.54) is 0 Å². The maximum absolute atomic E-state index is 12.4. The summed E-state index contributed by atoms with van der Waals surface area (Å²) in [5, 5.41) is 4.35. The lowest BCUT2D eigenvalue weighted by molar-refractivity contribution is -0.156. The first-order valence-electron chi connectivity index (χ1n) is 6.89. The molecule has 5 heteroatoms. The van der Waals surface area contributed by atoms with E-state index in [9.17, 15) is 4.79 Å². The molecule has 0 radical (unpaired) electrons. The quantitative estimate of drug-likeness (QED) is 0.865. The van der Waals surface area contributed by atoms with Crippen LogP contribution >= 0.6 is 23.2 Å². The minimum Gasteiger partial charge on any atom is -0.466 e. The maximum atomic E-state index is 12.4. The van der Waals surface area contributed by atoms with Gasteiger partial charge in [-0.1, -0.05) is 29.3 Å². The van der Waals surface area contributed by atoms with E-state index in [2.05, 4.69) is 5.32 Å². The average molecular weight is 316 g/mol. The summed E-state index contributed by atoms with van der Waals surface area (Å²) in [4.78, 5) is 12.4. The van der Waals surface area contributed by atoms with E-state index in [0.717, 1.165) is 24.9 Å². The maximum Gasteiger partial charge on any atom is 0.313 e. The lowest BCUT2D eigenvalue weighted by Crippen LogP contribution is -2.47. The van der Waals surface area contributed by atoms with Crippen LogP contribution in [0.2, 0.25) is 10.0 Å². The standard InChI is InChI=1S/C15H19Cl2NO2/c1-2-20-14(19)15(6-3-7-18-10-15)9-11-4-5-12(16)13(17)8-11/h4-5,8,18H,2-3,6-7,9-10H2,1H3/t15-/m1/s1. The summed E-state index contributed by atoms with van der Waals surface area (Å²) in [7, 11) is 0. The second-order valence-electron chi connectivity index (χ2n) is 5.21. The van der Waals surface area contributed by atoms with Gasteiger partial charge >= 0.3 is 5.97 Å². The van der Waals surface area contributed by atoms with Crippen molar-refractivity contribution < 1.29 is 9.53 Å². The molecule has 0 amide bonds. The van der Waals surface area contributed by atoms with Crippen LogP contribution in [-0.4, -0.2) is 25.7 Å². The highest BCUT2D eigenvalue weighted by Crippen LogP contribution is 2.34. The number of esters is 1. The van der Waals surface area contributed by atoms with Crippen molar-refractivity contribution in [2.45, 2.75) is 26.2 Å². The van der Waals surface area contributed by atoms with Crippen molar-refractivity contribution in [3.63, 3.8) is 0 Å². The minimum absolute atomic E-state index is 0.127. The number of carbonyl (C=O) groups excluding carboxylic acids is 1. The van der Waals surface area contributed by atoms with Crippen molar-refractivity contribution in [3.05, 3.63) is 33.8 Å². The minimum atomic E-state index is -0.495. The van der Waals surface area contributed by atoms with Crippen LogP contribution in [0.5, 0.6) is 0 Å². The molecule has 0 bridgehead atoms. The fraction of sp³-hybridized carbons (Fsp3) is 0.533. The van der Waals surface area contributed by atoms with Gasteiger partial charge < -0.3 is 10.1 Å². The molecule has 1 aliphatic rings. The van der Waals surface area contributed by atoms with E-state index in [1.54, 1.807) is 6.07 Å². The van der Waals surface area contributed by atoms with Gasteiger partial charge in [0.2, 0.25) is 0 Å². The lowest BCUT2D eigenvalue weighted by Gasteiger charge is -2.35. The Morgan fingerprint density at radius 2 is 2.20 bits per heavy atom. The van der Waals surface area contributed by atoms with Crippen molar-refractivity contribution in [3.8, 4) is 0 Å². The normalized spacial score (nSPS) is 22.6. The first-order chi connectivity index (χ1) is 9.57. The highest BCUT2D eigenvalue weighted by Gasteiger charge is 2.41. The van der Waals surface area contributed by atoms with Gasteiger partial charge in [0.05, 0.1) is 22.1 Å². The van der Waals surface area contributed by atoms with E-state index in [4.69, 9.17) is 27.9 Å². The largest absolute Gasteiger partial charge is 0.466 e. The third kappa shape index (κ3) is 3.46. The van der Waals surface area contributed by atoms with Crippen LogP contribution in [-0.2, 0) is 16.0 Å². The Bertz CT molecular complexity index is 485. The Hall–Kier alpha value is -0.770. The van der Waals surface area contributed by atoms with Crippen molar-refractivity contribution >= 4 is 29.2 Å². The number of hydrogen-bond acceptors (Lipinski definition) is 3. The number of halogens is 2. The molecule has 0 unspecified atom stereocenters. The van der Waals surface area contributed by atoms with Gasteiger partial charge in [0.25, 0.3) is 0 Å². The Balaban J connectivity index is 2.22. The molecule has 1 N–H and O–H groups in total. The first-order valence-corrected chi connectivity index (χ1v) is 7.65. The molecule has 1 saturated heterocycles. The van der Waals surface area contributed by atoms with Crippen LogP contribution in [0.15, 0.2) is 18.2 Å². The van der Waals surface area contributed by atoms with E-state index in [0.29, 0.717) is 29.6 Å². The highest BCUT2D eigenvalue weighted by molar-refractivity contribution is 6.42. The molecule has 1 fully saturated rings. The van der Waals surface area contributed by atoms with Gasteiger partial charge in [-0.3, -0.25) is 4.79 Å². The molecule has 0 saturated carbocycles. The fourth-order valence-electron chi connectivity index (χ4n) is 2.69.